The first-order valence-electron chi connectivity index (χ1n) is 7.87. The van der Waals surface area contributed by atoms with Crippen molar-refractivity contribution < 1.29 is 4.74 Å². The first kappa shape index (κ1) is 17.0. The standard InChI is InChI=1S/C16H14O.2C2H6/c1-2-6-13(7-3-1)10-14-11-15-8-4-5-9-16(15)17-12-14;2*1-2/h1-9,11H,10,12H2;2*1-2H3. The van der Waals surface area contributed by atoms with Crippen LogP contribution >= 0.6 is 0 Å². The van der Waals surface area contributed by atoms with Crippen LogP contribution in [0.4, 0.5) is 0 Å². The van der Waals surface area contributed by atoms with Crippen LogP contribution in [0, 0.1) is 0 Å². The van der Waals surface area contributed by atoms with Gasteiger partial charge in [0.1, 0.15) is 12.4 Å². The van der Waals surface area contributed by atoms with Crippen LogP contribution in [0.2, 0.25) is 0 Å². The Morgan fingerprint density at radius 1 is 0.810 bits per heavy atom. The zero-order valence-corrected chi connectivity index (χ0v) is 13.6. The predicted octanol–water partition coefficient (Wildman–Crippen LogP) is 5.76. The van der Waals surface area contributed by atoms with Crippen LogP contribution in [0.1, 0.15) is 38.8 Å². The minimum Gasteiger partial charge on any atom is -0.489 e. The van der Waals surface area contributed by atoms with E-state index in [1.165, 1.54) is 16.7 Å². The fourth-order valence-electron chi connectivity index (χ4n) is 2.12. The molecule has 21 heavy (non-hydrogen) atoms. The molecule has 1 heteroatoms. The van der Waals surface area contributed by atoms with Crippen molar-refractivity contribution in [1.82, 2.24) is 0 Å². The molecule has 0 N–H and O–H groups in total. The molecule has 0 amide bonds. The highest BCUT2D eigenvalue weighted by molar-refractivity contribution is 5.62. The van der Waals surface area contributed by atoms with Gasteiger partial charge in [-0.15, -0.1) is 0 Å². The Hall–Kier alpha value is -2.02. The third kappa shape index (κ3) is 5.11. The molecule has 1 heterocycles. The largest absolute Gasteiger partial charge is 0.489 e. The summed E-state index contributed by atoms with van der Waals surface area (Å²) in [7, 11) is 0. The average molecular weight is 282 g/mol. The third-order valence-electron chi connectivity index (χ3n) is 2.97. The first-order chi connectivity index (χ1) is 10.4. The van der Waals surface area contributed by atoms with Crippen molar-refractivity contribution in [2.75, 3.05) is 6.61 Å². The molecule has 1 aliphatic rings. The molecule has 0 fully saturated rings. The summed E-state index contributed by atoms with van der Waals surface area (Å²) in [5.41, 5.74) is 3.85. The summed E-state index contributed by atoms with van der Waals surface area (Å²) in [6, 6.07) is 18.7. The molecule has 0 saturated carbocycles. The van der Waals surface area contributed by atoms with E-state index in [9.17, 15) is 0 Å². The summed E-state index contributed by atoms with van der Waals surface area (Å²) in [6.45, 7) is 8.70. The second-order valence-corrected chi connectivity index (χ2v) is 4.29. The number of hydrogen-bond acceptors (Lipinski definition) is 1. The van der Waals surface area contributed by atoms with E-state index in [1.807, 2.05) is 52.0 Å². The number of benzene rings is 2. The fourth-order valence-corrected chi connectivity index (χ4v) is 2.12. The van der Waals surface area contributed by atoms with Crippen molar-refractivity contribution in [3.63, 3.8) is 0 Å². The molecule has 0 saturated heterocycles. The van der Waals surface area contributed by atoms with Gasteiger partial charge in [0, 0.05) is 5.56 Å². The average Bonchev–Trinajstić information content (AvgIpc) is 2.59. The summed E-state index contributed by atoms with van der Waals surface area (Å²) < 4.78 is 5.74. The van der Waals surface area contributed by atoms with E-state index in [-0.39, 0.29) is 0 Å². The van der Waals surface area contributed by atoms with Crippen LogP contribution in [0.3, 0.4) is 0 Å². The van der Waals surface area contributed by atoms with Gasteiger partial charge in [0.15, 0.2) is 0 Å². The lowest BCUT2D eigenvalue weighted by atomic mass is 10.0. The van der Waals surface area contributed by atoms with Gasteiger partial charge in [-0.1, -0.05) is 76.2 Å². The molecule has 1 aliphatic heterocycles. The zero-order valence-electron chi connectivity index (χ0n) is 13.6. The van der Waals surface area contributed by atoms with Gasteiger partial charge in [-0.25, -0.2) is 0 Å². The molecule has 0 radical (unpaired) electrons. The molecule has 1 nitrogen and oxygen atoms in total. The van der Waals surface area contributed by atoms with Gasteiger partial charge < -0.3 is 4.74 Å². The Bertz CT molecular complexity index is 541. The van der Waals surface area contributed by atoms with Gasteiger partial charge in [0.05, 0.1) is 0 Å². The monoisotopic (exact) mass is 282 g/mol. The van der Waals surface area contributed by atoms with E-state index in [2.05, 4.69) is 36.4 Å². The Kier molecular flexibility index (Phi) is 7.96. The van der Waals surface area contributed by atoms with Gasteiger partial charge in [0.25, 0.3) is 0 Å². The predicted molar refractivity (Wildman–Crippen MR) is 92.8 cm³/mol. The number of para-hydroxylation sites is 1. The SMILES string of the molecule is C1=C(Cc2ccccc2)COc2ccccc21.CC.CC. The van der Waals surface area contributed by atoms with Gasteiger partial charge in [-0.3, -0.25) is 0 Å². The van der Waals surface area contributed by atoms with Crippen molar-refractivity contribution >= 4 is 6.08 Å². The Labute approximate surface area is 129 Å². The molecule has 0 spiro atoms. The van der Waals surface area contributed by atoms with Crippen LogP contribution in [0.5, 0.6) is 5.75 Å². The van der Waals surface area contributed by atoms with E-state index < -0.39 is 0 Å². The lowest BCUT2D eigenvalue weighted by molar-refractivity contribution is 0.344. The van der Waals surface area contributed by atoms with Crippen molar-refractivity contribution in [1.29, 1.82) is 0 Å². The van der Waals surface area contributed by atoms with E-state index in [0.29, 0.717) is 6.61 Å². The molecule has 112 valence electrons. The van der Waals surface area contributed by atoms with Crippen molar-refractivity contribution in [3.8, 4) is 5.75 Å². The molecular formula is C20H26O. The number of ether oxygens (including phenoxy) is 1. The summed E-state index contributed by atoms with van der Waals surface area (Å²) in [4.78, 5) is 0. The van der Waals surface area contributed by atoms with Gasteiger partial charge in [0.2, 0.25) is 0 Å². The highest BCUT2D eigenvalue weighted by Gasteiger charge is 2.10. The maximum absolute atomic E-state index is 5.74. The molecular weight excluding hydrogens is 256 g/mol. The highest BCUT2D eigenvalue weighted by atomic mass is 16.5. The topological polar surface area (TPSA) is 9.23 Å². The molecule has 0 aliphatic carbocycles. The van der Waals surface area contributed by atoms with Crippen LogP contribution in [0.25, 0.3) is 6.08 Å². The molecule has 0 unspecified atom stereocenters. The fraction of sp³-hybridized carbons (Fsp3) is 0.300. The normalized spacial score (nSPS) is 11.5. The van der Waals surface area contributed by atoms with Crippen molar-refractivity contribution in [2.24, 2.45) is 0 Å². The lowest BCUT2D eigenvalue weighted by Gasteiger charge is -2.17. The van der Waals surface area contributed by atoms with Crippen molar-refractivity contribution in [3.05, 3.63) is 71.3 Å². The Balaban J connectivity index is 0.000000510. The van der Waals surface area contributed by atoms with E-state index in [4.69, 9.17) is 4.74 Å². The quantitative estimate of drug-likeness (QED) is 0.680. The van der Waals surface area contributed by atoms with Crippen LogP contribution in [-0.4, -0.2) is 6.61 Å². The Morgan fingerprint density at radius 3 is 2.14 bits per heavy atom. The highest BCUT2D eigenvalue weighted by Crippen LogP contribution is 2.26. The second kappa shape index (κ2) is 9.82. The maximum atomic E-state index is 5.74. The third-order valence-corrected chi connectivity index (χ3v) is 2.97. The second-order valence-electron chi connectivity index (χ2n) is 4.29. The van der Waals surface area contributed by atoms with E-state index in [0.717, 1.165) is 12.2 Å². The summed E-state index contributed by atoms with van der Waals surface area (Å²) in [5, 5.41) is 0. The van der Waals surface area contributed by atoms with Crippen molar-refractivity contribution in [2.45, 2.75) is 34.1 Å². The van der Waals surface area contributed by atoms with Crippen LogP contribution in [-0.2, 0) is 6.42 Å². The van der Waals surface area contributed by atoms with Gasteiger partial charge in [-0.05, 0) is 29.7 Å². The molecule has 0 atom stereocenters. The summed E-state index contributed by atoms with van der Waals surface area (Å²) >= 11 is 0. The van der Waals surface area contributed by atoms with Gasteiger partial charge in [-0.2, -0.15) is 0 Å². The minimum absolute atomic E-state index is 0.700. The van der Waals surface area contributed by atoms with E-state index >= 15 is 0 Å². The number of hydrogen-bond donors (Lipinski definition) is 0. The first-order valence-corrected chi connectivity index (χ1v) is 7.87. The van der Waals surface area contributed by atoms with Crippen LogP contribution in [0.15, 0.2) is 60.2 Å². The summed E-state index contributed by atoms with van der Waals surface area (Å²) in [5.74, 6) is 0.990. The Morgan fingerprint density at radius 2 is 1.43 bits per heavy atom. The molecule has 2 aromatic carbocycles. The minimum atomic E-state index is 0.700. The lowest BCUT2D eigenvalue weighted by Crippen LogP contribution is -2.08. The van der Waals surface area contributed by atoms with Crippen LogP contribution < -0.4 is 4.74 Å². The smallest absolute Gasteiger partial charge is 0.127 e. The molecule has 2 aromatic rings. The zero-order chi connectivity index (χ0) is 15.5. The van der Waals surface area contributed by atoms with Gasteiger partial charge >= 0.3 is 0 Å². The summed E-state index contributed by atoms with van der Waals surface area (Å²) in [6.07, 6.45) is 3.21. The molecule has 3 rings (SSSR count). The number of fused-ring (bicyclic) bond motifs is 1. The maximum Gasteiger partial charge on any atom is 0.127 e. The van der Waals surface area contributed by atoms with E-state index in [1.54, 1.807) is 0 Å². The molecule has 0 aromatic heterocycles. The molecule has 0 bridgehead atoms. The number of rotatable bonds is 2.